The van der Waals surface area contributed by atoms with Crippen molar-refractivity contribution < 1.29 is 9.59 Å². The Morgan fingerprint density at radius 2 is 1.81 bits per heavy atom. The number of carbonyl (C=O) groups is 2. The molecule has 0 aliphatic carbocycles. The van der Waals surface area contributed by atoms with Crippen LogP contribution in [0.4, 0.5) is 0 Å². The number of nitrogen functional groups attached to an aromatic ring is 1. The molecule has 140 valence electrons. The van der Waals surface area contributed by atoms with E-state index in [9.17, 15) is 9.59 Å². The fraction of sp³-hybridized carbons (Fsp3) is 0.250. The van der Waals surface area contributed by atoms with Crippen molar-refractivity contribution in [1.82, 2.24) is 10.2 Å². The summed E-state index contributed by atoms with van der Waals surface area (Å²) in [4.78, 5) is 26.6. The molecule has 1 aliphatic rings. The van der Waals surface area contributed by atoms with Gasteiger partial charge in [0.15, 0.2) is 0 Å². The van der Waals surface area contributed by atoms with Gasteiger partial charge in [0, 0.05) is 18.7 Å². The summed E-state index contributed by atoms with van der Waals surface area (Å²) in [6.45, 7) is 0.880. The Morgan fingerprint density at radius 3 is 2.37 bits per heavy atom. The molecule has 0 aromatic heterocycles. The molecule has 2 amide bonds. The predicted molar refractivity (Wildman–Crippen MR) is 103 cm³/mol. The molecule has 3 rings (SSSR count). The topological polar surface area (TPSA) is 125 Å². The molecule has 1 aliphatic heterocycles. The second-order valence-corrected chi connectivity index (χ2v) is 6.55. The molecule has 7 nitrogen and oxygen atoms in total. The lowest BCUT2D eigenvalue weighted by Crippen LogP contribution is -2.59. The first-order chi connectivity index (χ1) is 13.0. The Morgan fingerprint density at radius 1 is 1.15 bits per heavy atom. The number of likely N-dealkylation sites (tertiary alicyclic amines) is 1. The fourth-order valence-electron chi connectivity index (χ4n) is 3.01. The monoisotopic (exact) mass is 365 g/mol. The molecular weight excluding hydrogens is 342 g/mol. The molecule has 27 heavy (non-hydrogen) atoms. The highest BCUT2D eigenvalue weighted by Crippen LogP contribution is 2.23. The minimum absolute atomic E-state index is 0.00367. The summed E-state index contributed by atoms with van der Waals surface area (Å²) >= 11 is 0. The smallest absolute Gasteiger partial charge is 0.244 e. The number of nitrogens with two attached hydrogens (primary N) is 2. The van der Waals surface area contributed by atoms with Crippen molar-refractivity contribution in [2.45, 2.75) is 25.0 Å². The van der Waals surface area contributed by atoms with Crippen molar-refractivity contribution in [3.8, 4) is 0 Å². The molecule has 0 spiro atoms. The van der Waals surface area contributed by atoms with E-state index in [4.69, 9.17) is 16.9 Å². The summed E-state index contributed by atoms with van der Waals surface area (Å²) in [5.74, 6) is -0.423. The van der Waals surface area contributed by atoms with Crippen LogP contribution in [0.15, 0.2) is 54.6 Å². The summed E-state index contributed by atoms with van der Waals surface area (Å²) in [6.07, 6.45) is 0.627. The summed E-state index contributed by atoms with van der Waals surface area (Å²) in [7, 11) is 0. The van der Waals surface area contributed by atoms with Gasteiger partial charge in [0.25, 0.3) is 0 Å². The van der Waals surface area contributed by atoms with Gasteiger partial charge in [-0.3, -0.25) is 15.0 Å². The Bertz CT molecular complexity index is 835. The zero-order valence-electron chi connectivity index (χ0n) is 14.9. The molecule has 0 bridgehead atoms. The van der Waals surface area contributed by atoms with E-state index in [0.29, 0.717) is 25.1 Å². The van der Waals surface area contributed by atoms with Crippen molar-refractivity contribution in [2.24, 2.45) is 11.5 Å². The van der Waals surface area contributed by atoms with Crippen molar-refractivity contribution in [2.75, 3.05) is 6.54 Å². The van der Waals surface area contributed by atoms with Crippen molar-refractivity contribution in [1.29, 1.82) is 5.41 Å². The van der Waals surface area contributed by atoms with Crippen molar-refractivity contribution in [3.63, 3.8) is 0 Å². The number of hydrogen-bond acceptors (Lipinski definition) is 4. The van der Waals surface area contributed by atoms with E-state index in [1.807, 2.05) is 42.5 Å². The highest BCUT2D eigenvalue weighted by molar-refractivity contribution is 5.95. The summed E-state index contributed by atoms with van der Waals surface area (Å²) < 4.78 is 0. The molecule has 6 N–H and O–H groups in total. The number of nitrogens with one attached hydrogen (secondary N) is 2. The fourth-order valence-corrected chi connectivity index (χ4v) is 3.01. The third kappa shape index (κ3) is 4.15. The van der Waals surface area contributed by atoms with E-state index in [1.165, 1.54) is 4.90 Å². The zero-order chi connectivity index (χ0) is 19.4. The van der Waals surface area contributed by atoms with Crippen LogP contribution in [0.25, 0.3) is 0 Å². The van der Waals surface area contributed by atoms with Gasteiger partial charge >= 0.3 is 0 Å². The second-order valence-electron chi connectivity index (χ2n) is 6.55. The quantitative estimate of drug-likeness (QED) is 0.448. The lowest BCUT2D eigenvalue weighted by molar-refractivity contribution is -0.148. The maximum Gasteiger partial charge on any atom is 0.244 e. The molecule has 2 atom stereocenters. The van der Waals surface area contributed by atoms with Gasteiger partial charge in [-0.25, -0.2) is 0 Å². The van der Waals surface area contributed by atoms with Crippen LogP contribution in [0.2, 0.25) is 0 Å². The minimum Gasteiger partial charge on any atom is -0.384 e. The zero-order valence-corrected chi connectivity index (χ0v) is 14.9. The maximum atomic E-state index is 12.6. The molecular formula is C20H23N5O2. The predicted octanol–water partition coefficient (Wildman–Crippen LogP) is 0.888. The van der Waals surface area contributed by atoms with Gasteiger partial charge in [0.05, 0.1) is 0 Å². The van der Waals surface area contributed by atoms with Gasteiger partial charge < -0.3 is 21.7 Å². The number of nitrogens with zero attached hydrogens (tertiary/aromatic N) is 1. The number of rotatable bonds is 6. The van der Waals surface area contributed by atoms with Crippen LogP contribution >= 0.6 is 0 Å². The average Bonchev–Trinajstić information content (AvgIpc) is 2.65. The average molecular weight is 365 g/mol. The Balaban J connectivity index is 1.56. The minimum atomic E-state index is -0.763. The number of amidine groups is 1. The first-order valence-corrected chi connectivity index (χ1v) is 8.79. The van der Waals surface area contributed by atoms with Crippen LogP contribution < -0.4 is 16.8 Å². The van der Waals surface area contributed by atoms with Crippen LogP contribution in [0.3, 0.4) is 0 Å². The van der Waals surface area contributed by atoms with Gasteiger partial charge in [0.2, 0.25) is 11.8 Å². The van der Waals surface area contributed by atoms with E-state index >= 15 is 0 Å². The van der Waals surface area contributed by atoms with Crippen molar-refractivity contribution >= 4 is 17.6 Å². The van der Waals surface area contributed by atoms with Crippen molar-refractivity contribution in [3.05, 3.63) is 71.3 Å². The third-order valence-electron chi connectivity index (χ3n) is 4.76. The number of benzene rings is 2. The highest BCUT2D eigenvalue weighted by Gasteiger charge is 2.39. The van der Waals surface area contributed by atoms with Gasteiger partial charge in [0.1, 0.15) is 17.9 Å². The van der Waals surface area contributed by atoms with E-state index in [2.05, 4.69) is 5.32 Å². The first-order valence-electron chi connectivity index (χ1n) is 8.79. The largest absolute Gasteiger partial charge is 0.384 e. The Kier molecular flexibility index (Phi) is 5.52. The van der Waals surface area contributed by atoms with Gasteiger partial charge in [-0.15, -0.1) is 0 Å². The number of hydrogen-bond donors (Lipinski definition) is 4. The van der Waals surface area contributed by atoms with Gasteiger partial charge in [-0.2, -0.15) is 0 Å². The first kappa shape index (κ1) is 18.6. The molecule has 2 aromatic carbocycles. The summed E-state index contributed by atoms with van der Waals surface area (Å²) in [5.41, 5.74) is 13.8. The van der Waals surface area contributed by atoms with E-state index < -0.39 is 12.1 Å². The number of amides is 2. The van der Waals surface area contributed by atoms with Crippen LogP contribution in [0.1, 0.15) is 29.2 Å². The maximum absolute atomic E-state index is 12.6. The Labute approximate surface area is 157 Å². The van der Waals surface area contributed by atoms with Crippen LogP contribution in [-0.4, -0.2) is 35.1 Å². The molecule has 1 heterocycles. The van der Waals surface area contributed by atoms with E-state index in [1.54, 1.807) is 12.1 Å². The molecule has 7 heteroatoms. The van der Waals surface area contributed by atoms with Crippen LogP contribution in [0, 0.1) is 5.41 Å². The lowest BCUT2D eigenvalue weighted by Gasteiger charge is -2.41. The molecule has 1 saturated heterocycles. The molecule has 0 radical (unpaired) electrons. The lowest BCUT2D eigenvalue weighted by atomic mass is 9.98. The molecule has 0 unspecified atom stereocenters. The standard InChI is InChI=1S/C20H23N5O2/c21-17(14-4-2-1-3-5-14)20(27)25-11-10-16(25)19(26)24-12-13-6-8-15(9-7-13)18(22)23/h1-9,16-17H,10-12,21H2,(H3,22,23)(H,24,26)/t16-,17+/m0/s1. The summed E-state index contributed by atoms with van der Waals surface area (Å²) in [5, 5.41) is 10.2. The Hall–Kier alpha value is -3.19. The van der Waals surface area contributed by atoms with Crippen LogP contribution in [0.5, 0.6) is 0 Å². The molecule has 2 aromatic rings. The number of carbonyl (C=O) groups excluding carboxylic acids is 2. The molecule has 0 saturated carbocycles. The van der Waals surface area contributed by atoms with E-state index in [-0.39, 0.29) is 17.6 Å². The highest BCUT2D eigenvalue weighted by atomic mass is 16.2. The third-order valence-corrected chi connectivity index (χ3v) is 4.76. The van der Waals surface area contributed by atoms with E-state index in [0.717, 1.165) is 11.1 Å². The SMILES string of the molecule is N=C(N)c1ccc(CNC(=O)[C@@H]2CCN2C(=O)[C@H](N)c2ccccc2)cc1. The normalized spacial score (nSPS) is 16.9. The summed E-state index contributed by atoms with van der Waals surface area (Å²) in [6, 6.07) is 15.0. The van der Waals surface area contributed by atoms with Gasteiger partial charge in [-0.05, 0) is 17.5 Å². The molecule has 1 fully saturated rings. The second kappa shape index (κ2) is 8.01. The van der Waals surface area contributed by atoms with Crippen LogP contribution in [-0.2, 0) is 16.1 Å². The van der Waals surface area contributed by atoms with Gasteiger partial charge in [-0.1, -0.05) is 54.6 Å².